The Balaban J connectivity index is 1.92. The monoisotopic (exact) mass is 276 g/mol. The maximum Gasteiger partial charge on any atom is 0.197 e. The van der Waals surface area contributed by atoms with Gasteiger partial charge in [0.25, 0.3) is 0 Å². The number of phenolic OH excluding ortho intramolecular Hbond substituents is 1. The van der Waals surface area contributed by atoms with Gasteiger partial charge in [0.2, 0.25) is 0 Å². The standard InChI is InChI=1S/C17H12N2O2/c20-10-5-6-16-12(7-10)14(9-19-16)17(21)13-8-18-15-4-2-1-3-11(13)15/h1-9,18-20H. The van der Waals surface area contributed by atoms with Crippen LogP contribution in [0.1, 0.15) is 15.9 Å². The summed E-state index contributed by atoms with van der Waals surface area (Å²) < 4.78 is 0. The molecule has 4 rings (SSSR count). The second-order valence-corrected chi connectivity index (χ2v) is 5.01. The molecule has 0 fully saturated rings. The van der Waals surface area contributed by atoms with Crippen LogP contribution in [0.25, 0.3) is 21.8 Å². The van der Waals surface area contributed by atoms with E-state index in [0.29, 0.717) is 11.1 Å². The van der Waals surface area contributed by atoms with Crippen molar-refractivity contribution in [1.29, 1.82) is 0 Å². The molecule has 0 saturated carbocycles. The molecule has 0 unspecified atom stereocenters. The second kappa shape index (κ2) is 4.24. The Bertz CT molecular complexity index is 979. The van der Waals surface area contributed by atoms with E-state index < -0.39 is 0 Å². The van der Waals surface area contributed by atoms with Gasteiger partial charge < -0.3 is 15.1 Å². The summed E-state index contributed by atoms with van der Waals surface area (Å²) in [5, 5.41) is 11.3. The zero-order chi connectivity index (χ0) is 14.4. The summed E-state index contributed by atoms with van der Waals surface area (Å²) in [5.74, 6) is 0.0828. The van der Waals surface area contributed by atoms with Crippen LogP contribution in [0, 0.1) is 0 Å². The number of benzene rings is 2. The number of hydrogen-bond donors (Lipinski definition) is 3. The molecule has 2 aromatic carbocycles. The maximum absolute atomic E-state index is 12.8. The first-order valence-corrected chi connectivity index (χ1v) is 6.65. The Morgan fingerprint density at radius 2 is 1.52 bits per heavy atom. The Kier molecular flexibility index (Phi) is 2.38. The zero-order valence-electron chi connectivity index (χ0n) is 11.1. The molecule has 4 nitrogen and oxygen atoms in total. The number of aromatic hydroxyl groups is 1. The summed E-state index contributed by atoms with van der Waals surface area (Å²) in [6, 6.07) is 12.7. The molecule has 4 aromatic rings. The van der Waals surface area contributed by atoms with E-state index in [-0.39, 0.29) is 11.5 Å². The molecule has 2 aromatic heterocycles. The molecular weight excluding hydrogens is 264 g/mol. The quantitative estimate of drug-likeness (QED) is 0.490. The second-order valence-electron chi connectivity index (χ2n) is 5.01. The largest absolute Gasteiger partial charge is 0.508 e. The highest BCUT2D eigenvalue weighted by molar-refractivity contribution is 6.21. The summed E-state index contributed by atoms with van der Waals surface area (Å²) in [7, 11) is 0. The molecule has 0 atom stereocenters. The van der Waals surface area contributed by atoms with E-state index in [1.807, 2.05) is 24.3 Å². The topological polar surface area (TPSA) is 68.9 Å². The number of aromatic amines is 2. The van der Waals surface area contributed by atoms with Crippen molar-refractivity contribution in [3.05, 3.63) is 66.0 Å². The van der Waals surface area contributed by atoms with Gasteiger partial charge >= 0.3 is 0 Å². The predicted octanol–water partition coefficient (Wildman–Crippen LogP) is 3.59. The molecular formula is C17H12N2O2. The number of carbonyl (C=O) groups is 1. The fourth-order valence-corrected chi connectivity index (χ4v) is 2.70. The summed E-state index contributed by atoms with van der Waals surface area (Å²) >= 11 is 0. The van der Waals surface area contributed by atoms with Crippen molar-refractivity contribution in [2.75, 3.05) is 0 Å². The number of ketones is 1. The molecule has 0 aliphatic heterocycles. The minimum absolute atomic E-state index is 0.0655. The van der Waals surface area contributed by atoms with Crippen LogP contribution < -0.4 is 0 Å². The van der Waals surface area contributed by atoms with Crippen LogP contribution in [0.3, 0.4) is 0 Å². The lowest BCUT2D eigenvalue weighted by molar-refractivity contribution is 0.104. The van der Waals surface area contributed by atoms with Crippen LogP contribution in [-0.4, -0.2) is 20.9 Å². The van der Waals surface area contributed by atoms with Crippen LogP contribution in [0.4, 0.5) is 0 Å². The first-order chi connectivity index (χ1) is 10.2. The van der Waals surface area contributed by atoms with Gasteiger partial charge in [0.05, 0.1) is 0 Å². The minimum atomic E-state index is -0.0655. The van der Waals surface area contributed by atoms with Crippen LogP contribution >= 0.6 is 0 Å². The van der Waals surface area contributed by atoms with Crippen molar-refractivity contribution in [2.45, 2.75) is 0 Å². The summed E-state index contributed by atoms with van der Waals surface area (Å²) in [6.45, 7) is 0. The van der Waals surface area contributed by atoms with Crippen molar-refractivity contribution >= 4 is 27.6 Å². The number of rotatable bonds is 2. The number of H-pyrrole nitrogens is 2. The lowest BCUT2D eigenvalue weighted by atomic mass is 10.0. The van der Waals surface area contributed by atoms with Gasteiger partial charge in [0.1, 0.15) is 5.75 Å². The summed E-state index contributed by atoms with van der Waals surface area (Å²) in [4.78, 5) is 19.0. The molecule has 102 valence electrons. The summed E-state index contributed by atoms with van der Waals surface area (Å²) in [6.07, 6.45) is 3.42. The van der Waals surface area contributed by atoms with E-state index in [4.69, 9.17) is 0 Å². The smallest absolute Gasteiger partial charge is 0.197 e. The lowest BCUT2D eigenvalue weighted by Gasteiger charge is -1.99. The van der Waals surface area contributed by atoms with Gasteiger partial charge in [-0.05, 0) is 24.3 Å². The van der Waals surface area contributed by atoms with Gasteiger partial charge in [0.15, 0.2) is 5.78 Å². The Hall–Kier alpha value is -3.01. The van der Waals surface area contributed by atoms with Crippen molar-refractivity contribution in [1.82, 2.24) is 9.97 Å². The molecule has 0 aliphatic rings. The molecule has 0 radical (unpaired) electrons. The van der Waals surface area contributed by atoms with E-state index in [1.165, 1.54) is 0 Å². The predicted molar refractivity (Wildman–Crippen MR) is 81.7 cm³/mol. The number of para-hydroxylation sites is 1. The Morgan fingerprint density at radius 1 is 0.857 bits per heavy atom. The van der Waals surface area contributed by atoms with Crippen molar-refractivity contribution in [3.63, 3.8) is 0 Å². The van der Waals surface area contributed by atoms with Gasteiger partial charge in [-0.15, -0.1) is 0 Å². The fraction of sp³-hybridized carbons (Fsp3) is 0. The van der Waals surface area contributed by atoms with Crippen LogP contribution in [0.2, 0.25) is 0 Å². The number of aromatic nitrogens is 2. The highest BCUT2D eigenvalue weighted by atomic mass is 16.3. The molecule has 0 saturated heterocycles. The van der Waals surface area contributed by atoms with Gasteiger partial charge in [-0.2, -0.15) is 0 Å². The normalized spacial score (nSPS) is 11.2. The molecule has 3 N–H and O–H groups in total. The molecule has 0 bridgehead atoms. The third-order valence-electron chi connectivity index (χ3n) is 3.74. The molecule has 0 spiro atoms. The summed E-state index contributed by atoms with van der Waals surface area (Å²) in [5.41, 5.74) is 2.96. The highest BCUT2D eigenvalue weighted by Gasteiger charge is 2.17. The van der Waals surface area contributed by atoms with E-state index >= 15 is 0 Å². The van der Waals surface area contributed by atoms with Crippen molar-refractivity contribution < 1.29 is 9.90 Å². The van der Waals surface area contributed by atoms with Gasteiger partial charge in [-0.25, -0.2) is 0 Å². The van der Waals surface area contributed by atoms with E-state index in [2.05, 4.69) is 9.97 Å². The number of hydrogen-bond acceptors (Lipinski definition) is 2. The number of nitrogens with one attached hydrogen (secondary N) is 2. The lowest BCUT2D eigenvalue weighted by Crippen LogP contribution is -1.99. The first-order valence-electron chi connectivity index (χ1n) is 6.65. The molecule has 0 amide bonds. The van der Waals surface area contributed by atoms with E-state index in [9.17, 15) is 9.90 Å². The van der Waals surface area contributed by atoms with Crippen molar-refractivity contribution in [2.24, 2.45) is 0 Å². The Labute approximate surface area is 120 Å². The number of carbonyl (C=O) groups excluding carboxylic acids is 1. The van der Waals surface area contributed by atoms with Crippen LogP contribution in [-0.2, 0) is 0 Å². The minimum Gasteiger partial charge on any atom is -0.508 e. The zero-order valence-corrected chi connectivity index (χ0v) is 11.1. The van der Waals surface area contributed by atoms with Crippen LogP contribution in [0.15, 0.2) is 54.9 Å². The SMILES string of the molecule is O=C(c1c[nH]c2ccccc12)c1c[nH]c2ccc(O)cc12. The molecule has 21 heavy (non-hydrogen) atoms. The van der Waals surface area contributed by atoms with E-state index in [0.717, 1.165) is 21.8 Å². The first kappa shape index (κ1) is 11.8. The average molecular weight is 276 g/mol. The highest BCUT2D eigenvalue weighted by Crippen LogP contribution is 2.27. The Morgan fingerprint density at radius 3 is 2.33 bits per heavy atom. The van der Waals surface area contributed by atoms with Crippen molar-refractivity contribution in [3.8, 4) is 5.75 Å². The van der Waals surface area contributed by atoms with E-state index in [1.54, 1.807) is 30.6 Å². The van der Waals surface area contributed by atoms with Gasteiger partial charge in [0, 0.05) is 45.3 Å². The van der Waals surface area contributed by atoms with Gasteiger partial charge in [-0.3, -0.25) is 4.79 Å². The fourth-order valence-electron chi connectivity index (χ4n) is 2.70. The molecule has 2 heterocycles. The van der Waals surface area contributed by atoms with Crippen LogP contribution in [0.5, 0.6) is 5.75 Å². The third-order valence-corrected chi connectivity index (χ3v) is 3.74. The molecule has 0 aliphatic carbocycles. The third kappa shape index (κ3) is 1.73. The number of phenols is 1. The molecule has 4 heteroatoms. The van der Waals surface area contributed by atoms with Gasteiger partial charge in [-0.1, -0.05) is 18.2 Å². The maximum atomic E-state index is 12.8. The number of fused-ring (bicyclic) bond motifs is 2. The average Bonchev–Trinajstić information content (AvgIpc) is 3.10.